The van der Waals surface area contributed by atoms with E-state index in [1.54, 1.807) is 54.6 Å². The molecule has 0 atom stereocenters. The largest absolute Gasteiger partial charge is 0.416 e. The number of hydrogen-bond acceptors (Lipinski definition) is 6. The molecule has 0 unspecified atom stereocenters. The molecule has 1 aliphatic heterocycles. The lowest BCUT2D eigenvalue weighted by atomic mass is 9.90. The summed E-state index contributed by atoms with van der Waals surface area (Å²) in [5.41, 5.74) is 17.0. The third-order valence-electron chi connectivity index (χ3n) is 25.1. The number of hydrogen-bond donors (Lipinski definition) is 1. The molecule has 660 valence electrons. The van der Waals surface area contributed by atoms with Crippen molar-refractivity contribution < 1.29 is 52.7 Å². The van der Waals surface area contributed by atoms with E-state index in [4.69, 9.17) is 24.9 Å². The lowest BCUT2D eigenvalue weighted by molar-refractivity contribution is -0.143. The van der Waals surface area contributed by atoms with Gasteiger partial charge in [-0.1, -0.05) is 259 Å². The maximum absolute atomic E-state index is 15.1. The molecule has 1 N–H and O–H groups in total. The fourth-order valence-corrected chi connectivity index (χ4v) is 18.8. The fraction of sp³-hybridized carbons (Fsp3) is 0.114. The Bertz CT molecular complexity index is 8020. The standard InChI is InChI=1S/C114H80F12N8/c1-64-28-35-91(69(6)43-64)78-31-40-101-97(55-78)98-56-79(32-41-102(98)133(101)89-33-38-92(83-51-85(111(115,116)117)60-86(52-83)112(118,119)120)99(62-89)109-129-105(72-20-12-8-13-21-72)127-106(130-109)73-22-14-9-15-23-73)96-57-80(68(5)48-70(96)7)49-71-44-67(4)47-82(50-71)77-30-37-95-94-36-29-76(81-45-65(2)42-66(3)46-81)58-103(94)134(104(95)59-77)90-34-39-93(84-53-87(113(121,122)123)61-88(54-84)114(124,125)126)100(63-90)110-131-107(74-24-16-10-17-25-74)128-108(132-110)75-26-18-11-19-27-75/h8-48,50-53,55-63H,49,54H2,1-7H3,(H,128,131,132). The Balaban J connectivity index is 0.734. The number of aryl methyl sites for hydroxylation is 7. The summed E-state index contributed by atoms with van der Waals surface area (Å²) >= 11 is 0. The average Bonchev–Trinajstić information content (AvgIpc) is 1.56. The second-order valence-corrected chi connectivity index (χ2v) is 34.6. The first-order chi connectivity index (χ1) is 64.2. The van der Waals surface area contributed by atoms with Crippen LogP contribution in [0.4, 0.5) is 52.7 Å². The van der Waals surface area contributed by atoms with Crippen molar-refractivity contribution >= 4 is 66.7 Å². The van der Waals surface area contributed by atoms with E-state index in [2.05, 4.69) is 159 Å². The van der Waals surface area contributed by atoms with Gasteiger partial charge in [-0.3, -0.25) is 0 Å². The van der Waals surface area contributed by atoms with Gasteiger partial charge in [0.05, 0.1) is 38.8 Å². The van der Waals surface area contributed by atoms with E-state index in [1.807, 2.05) is 141 Å². The number of halogens is 12. The Kier molecular flexibility index (Phi) is 21.7. The van der Waals surface area contributed by atoms with Crippen LogP contribution in [0.15, 0.2) is 349 Å². The molecule has 20 rings (SSSR count). The molecule has 0 amide bonds. The van der Waals surface area contributed by atoms with Crippen molar-refractivity contribution in [2.75, 3.05) is 0 Å². The summed E-state index contributed by atoms with van der Waals surface area (Å²) in [4.78, 5) is 25.0. The molecule has 2 aliphatic rings. The van der Waals surface area contributed by atoms with Crippen LogP contribution in [0.2, 0.25) is 0 Å². The van der Waals surface area contributed by atoms with Gasteiger partial charge in [-0.25, -0.2) is 24.9 Å². The van der Waals surface area contributed by atoms with Crippen LogP contribution >= 0.6 is 0 Å². The monoisotopic (exact) mass is 1790 g/mol. The lowest BCUT2D eigenvalue weighted by Gasteiger charge is -2.21. The zero-order chi connectivity index (χ0) is 93.1. The molecule has 0 spiro atoms. The van der Waals surface area contributed by atoms with Crippen molar-refractivity contribution in [3.63, 3.8) is 0 Å². The number of nitrogens with zero attached hydrogens (tertiary/aromatic N) is 7. The molecule has 18 aromatic rings. The van der Waals surface area contributed by atoms with E-state index in [-0.39, 0.29) is 74.0 Å². The van der Waals surface area contributed by atoms with Gasteiger partial charge < -0.3 is 14.5 Å². The number of aromatic nitrogens is 5. The van der Waals surface area contributed by atoms with Crippen molar-refractivity contribution in [2.24, 2.45) is 9.98 Å². The summed E-state index contributed by atoms with van der Waals surface area (Å²) in [5, 5.41) is 7.14. The minimum Gasteiger partial charge on any atom is -0.324 e. The van der Waals surface area contributed by atoms with Crippen LogP contribution in [0.25, 0.3) is 156 Å². The second-order valence-electron chi connectivity index (χ2n) is 34.6. The first-order valence-corrected chi connectivity index (χ1v) is 43.6. The predicted molar refractivity (Wildman–Crippen MR) is 512 cm³/mol. The van der Waals surface area contributed by atoms with Gasteiger partial charge >= 0.3 is 24.7 Å². The zero-order valence-electron chi connectivity index (χ0n) is 73.3. The van der Waals surface area contributed by atoms with E-state index in [0.717, 1.165) is 156 Å². The van der Waals surface area contributed by atoms with E-state index in [1.165, 1.54) is 6.07 Å². The first kappa shape index (κ1) is 86.5. The Morgan fingerprint density at radius 3 is 1.38 bits per heavy atom. The highest BCUT2D eigenvalue weighted by Gasteiger charge is 2.42. The van der Waals surface area contributed by atoms with Crippen molar-refractivity contribution in [1.82, 2.24) is 29.4 Å². The lowest BCUT2D eigenvalue weighted by Crippen LogP contribution is -2.38. The zero-order valence-corrected chi connectivity index (χ0v) is 73.3. The van der Waals surface area contributed by atoms with Crippen LogP contribution in [0.5, 0.6) is 0 Å². The molecule has 134 heavy (non-hydrogen) atoms. The maximum Gasteiger partial charge on any atom is 0.416 e. The highest BCUT2D eigenvalue weighted by Crippen LogP contribution is 2.48. The summed E-state index contributed by atoms with van der Waals surface area (Å²) < 4.78 is 184. The van der Waals surface area contributed by atoms with Crippen molar-refractivity contribution in [3.05, 3.63) is 422 Å². The van der Waals surface area contributed by atoms with Crippen LogP contribution in [-0.4, -0.2) is 48.1 Å². The molecule has 8 nitrogen and oxygen atoms in total. The van der Waals surface area contributed by atoms with E-state index in [9.17, 15) is 26.3 Å². The summed E-state index contributed by atoms with van der Waals surface area (Å²) in [6.07, 6.45) is -20.0. The first-order valence-electron chi connectivity index (χ1n) is 43.6. The van der Waals surface area contributed by atoms with Gasteiger partial charge in [0.2, 0.25) is 0 Å². The molecule has 15 aromatic carbocycles. The molecule has 0 radical (unpaired) electrons. The van der Waals surface area contributed by atoms with Gasteiger partial charge in [0.15, 0.2) is 23.3 Å². The minimum atomic E-state index is -5.16. The third-order valence-corrected chi connectivity index (χ3v) is 25.1. The second kappa shape index (κ2) is 33.7. The molecular formula is C114H80F12N8. The molecule has 20 heteroatoms. The van der Waals surface area contributed by atoms with E-state index in [0.29, 0.717) is 45.9 Å². The van der Waals surface area contributed by atoms with Gasteiger partial charge in [0.25, 0.3) is 0 Å². The molecule has 1 aliphatic carbocycles. The third kappa shape index (κ3) is 16.8. The smallest absolute Gasteiger partial charge is 0.324 e. The summed E-state index contributed by atoms with van der Waals surface area (Å²) in [5.74, 6) is 1.16. The van der Waals surface area contributed by atoms with Gasteiger partial charge in [-0.15, -0.1) is 0 Å². The topological polar surface area (TPSA) is 85.3 Å². The van der Waals surface area contributed by atoms with Crippen LogP contribution in [-0.2, 0) is 18.8 Å². The Morgan fingerprint density at radius 2 is 0.813 bits per heavy atom. The quantitative estimate of drug-likeness (QED) is 0.110. The molecule has 0 fully saturated rings. The van der Waals surface area contributed by atoms with Crippen LogP contribution in [0.1, 0.15) is 78.7 Å². The molecule has 0 saturated carbocycles. The molecule has 0 bridgehead atoms. The number of allylic oxidation sites excluding steroid dienone is 4. The molecule has 0 saturated heterocycles. The highest BCUT2D eigenvalue weighted by molar-refractivity contribution is 6.17. The average molecular weight is 1790 g/mol. The Labute approximate surface area is 763 Å². The Hall–Kier alpha value is -15.6. The minimum absolute atomic E-state index is 0.00273. The number of aliphatic imine (C=N–C) groups is 2. The number of rotatable bonds is 14. The predicted octanol–water partition coefficient (Wildman–Crippen LogP) is 29.3. The van der Waals surface area contributed by atoms with Crippen LogP contribution in [0, 0.1) is 48.5 Å². The van der Waals surface area contributed by atoms with Gasteiger partial charge in [-0.2, -0.15) is 52.7 Å². The van der Waals surface area contributed by atoms with Gasteiger partial charge in [0.1, 0.15) is 11.7 Å². The molecule has 4 heterocycles. The van der Waals surface area contributed by atoms with Gasteiger partial charge in [-0.05, 0) is 240 Å². The molecular weight excluding hydrogens is 1710 g/mol. The SMILES string of the molecule is Cc1cc(C)cc(-c2ccc3c4ccc(-c5cc(C)cc(Cc6cc(-c7ccc8c(c7)c7cc(-c9ccc(C)cc9C)ccc7n8-c7ccc(-c8cc(C(F)(F)F)cc(C(F)(F)F)c8)c(-c8nc(-c9ccccc9)nc(-c9ccccc9)n8)c7)c(C)cc6C)c5)cc4n(-c4ccc(=C5C=C(C(F)(F)F)C=C(C(F)(F)F)C5)c(=C5N=C(c6ccccc6)N=C(c6ccccc6)N5)c4)c3c2)c1. The number of fused-ring (bicyclic) bond motifs is 6. The van der Waals surface area contributed by atoms with Gasteiger partial charge in [0, 0.05) is 77.9 Å². The summed E-state index contributed by atoms with van der Waals surface area (Å²) in [7, 11) is 0. The highest BCUT2D eigenvalue weighted by atomic mass is 19.4. The fourth-order valence-electron chi connectivity index (χ4n) is 18.8. The number of amidine groups is 2. The maximum atomic E-state index is 15.1. The van der Waals surface area contributed by atoms with Crippen molar-refractivity contribution in [1.29, 1.82) is 0 Å². The molecule has 3 aromatic heterocycles. The number of alkyl halides is 12. The Morgan fingerprint density at radius 1 is 0.306 bits per heavy atom. The van der Waals surface area contributed by atoms with Crippen molar-refractivity contribution in [2.45, 2.75) is 86.0 Å². The summed E-state index contributed by atoms with van der Waals surface area (Å²) in [6.45, 7) is 14.4. The van der Waals surface area contributed by atoms with Crippen LogP contribution in [0.3, 0.4) is 0 Å². The van der Waals surface area contributed by atoms with E-state index < -0.39 is 53.4 Å². The van der Waals surface area contributed by atoms with Crippen LogP contribution < -0.4 is 15.8 Å². The van der Waals surface area contributed by atoms with Crippen molar-refractivity contribution in [3.8, 4) is 101 Å². The van der Waals surface area contributed by atoms with E-state index >= 15 is 26.3 Å². The number of nitrogens with one attached hydrogen (secondary N) is 1. The number of benzene rings is 15. The normalized spacial score (nSPS) is 14.2. The summed E-state index contributed by atoms with van der Waals surface area (Å²) in [6, 6.07) is 96.8.